The van der Waals surface area contributed by atoms with Crippen LogP contribution in [0, 0.1) is 3.57 Å². The van der Waals surface area contributed by atoms with Crippen LogP contribution in [0.1, 0.15) is 18.1 Å². The number of hydrogen-bond donors (Lipinski definition) is 1. The Bertz CT molecular complexity index is 544. The molecule has 0 unspecified atom stereocenters. The van der Waals surface area contributed by atoms with Crippen molar-refractivity contribution in [2.75, 3.05) is 11.4 Å². The number of aromatic nitrogens is 2. The molecule has 5 heteroatoms. The normalized spacial score (nSPS) is 10.5. The first-order valence-electron chi connectivity index (χ1n) is 6.23. The van der Waals surface area contributed by atoms with Crippen molar-refractivity contribution >= 4 is 28.4 Å². The van der Waals surface area contributed by atoms with Gasteiger partial charge in [0, 0.05) is 25.8 Å². The minimum atomic E-state index is 0.564. The lowest BCUT2D eigenvalue weighted by atomic mass is 10.1. The highest BCUT2D eigenvalue weighted by Gasteiger charge is 2.11. The van der Waals surface area contributed by atoms with Gasteiger partial charge in [0.1, 0.15) is 12.1 Å². The van der Waals surface area contributed by atoms with Crippen LogP contribution in [0.4, 0.5) is 5.82 Å². The van der Waals surface area contributed by atoms with E-state index in [4.69, 9.17) is 5.73 Å². The summed E-state index contributed by atoms with van der Waals surface area (Å²) in [6, 6.07) is 8.27. The fourth-order valence-corrected chi connectivity index (χ4v) is 2.63. The Hall–Kier alpha value is -1.21. The maximum absolute atomic E-state index is 5.79. The van der Waals surface area contributed by atoms with E-state index in [1.807, 2.05) is 18.3 Å². The zero-order chi connectivity index (χ0) is 13.7. The van der Waals surface area contributed by atoms with Gasteiger partial charge in [0.25, 0.3) is 0 Å². The molecule has 1 heterocycles. The van der Waals surface area contributed by atoms with Crippen LogP contribution in [0.25, 0.3) is 0 Å². The van der Waals surface area contributed by atoms with E-state index in [9.17, 15) is 0 Å². The highest BCUT2D eigenvalue weighted by atomic mass is 127. The molecule has 0 radical (unpaired) electrons. The Morgan fingerprint density at radius 1 is 1.26 bits per heavy atom. The van der Waals surface area contributed by atoms with Gasteiger partial charge in [0.05, 0.1) is 3.57 Å². The molecule has 1 aromatic heterocycles. The fraction of sp³-hybridized carbons (Fsp3) is 0.286. The van der Waals surface area contributed by atoms with Crippen molar-refractivity contribution in [2.24, 2.45) is 5.73 Å². The van der Waals surface area contributed by atoms with Gasteiger partial charge in [-0.05, 0) is 40.6 Å². The number of hydrogen-bond acceptors (Lipinski definition) is 4. The second-order valence-corrected chi connectivity index (χ2v) is 5.34. The first-order chi connectivity index (χ1) is 9.26. The number of rotatable bonds is 5. The molecule has 0 aliphatic carbocycles. The molecule has 100 valence electrons. The van der Waals surface area contributed by atoms with Gasteiger partial charge in [-0.15, -0.1) is 0 Å². The summed E-state index contributed by atoms with van der Waals surface area (Å²) < 4.78 is 1.06. The number of nitrogens with zero attached hydrogens (tertiary/aromatic N) is 3. The maximum Gasteiger partial charge on any atom is 0.145 e. The van der Waals surface area contributed by atoms with Crippen LogP contribution in [0.5, 0.6) is 0 Å². The summed E-state index contributed by atoms with van der Waals surface area (Å²) >= 11 is 2.27. The van der Waals surface area contributed by atoms with E-state index < -0.39 is 0 Å². The first-order valence-corrected chi connectivity index (χ1v) is 7.31. The van der Waals surface area contributed by atoms with Gasteiger partial charge in [-0.2, -0.15) is 0 Å². The molecule has 2 aromatic rings. The fourth-order valence-electron chi connectivity index (χ4n) is 1.99. The van der Waals surface area contributed by atoms with Gasteiger partial charge in [-0.1, -0.05) is 24.3 Å². The Morgan fingerprint density at radius 2 is 2.00 bits per heavy atom. The average Bonchev–Trinajstić information content (AvgIpc) is 2.46. The molecule has 0 aliphatic heterocycles. The van der Waals surface area contributed by atoms with Gasteiger partial charge >= 0.3 is 0 Å². The topological polar surface area (TPSA) is 55.0 Å². The predicted octanol–water partition coefficient (Wildman–Crippen LogP) is 2.57. The van der Waals surface area contributed by atoms with E-state index in [1.54, 1.807) is 6.33 Å². The van der Waals surface area contributed by atoms with Crippen molar-refractivity contribution < 1.29 is 0 Å². The molecule has 0 amide bonds. The summed E-state index contributed by atoms with van der Waals surface area (Å²) in [6.45, 7) is 4.40. The van der Waals surface area contributed by atoms with Crippen LogP contribution in [0.2, 0.25) is 0 Å². The molecular weight excluding hydrogens is 351 g/mol. The first kappa shape index (κ1) is 14.2. The molecule has 0 bridgehead atoms. The van der Waals surface area contributed by atoms with Gasteiger partial charge < -0.3 is 10.6 Å². The van der Waals surface area contributed by atoms with Gasteiger partial charge in [0.15, 0.2) is 0 Å². The van der Waals surface area contributed by atoms with Crippen molar-refractivity contribution in [2.45, 2.75) is 20.0 Å². The summed E-state index contributed by atoms with van der Waals surface area (Å²) in [6.07, 6.45) is 3.43. The van der Waals surface area contributed by atoms with Crippen LogP contribution >= 0.6 is 22.6 Å². The molecule has 4 nitrogen and oxygen atoms in total. The summed E-state index contributed by atoms with van der Waals surface area (Å²) in [5.74, 6) is 0.977. The van der Waals surface area contributed by atoms with Crippen molar-refractivity contribution in [1.82, 2.24) is 9.97 Å². The molecule has 2 N–H and O–H groups in total. The number of benzene rings is 1. The third-order valence-electron chi connectivity index (χ3n) is 3.03. The van der Waals surface area contributed by atoms with E-state index in [1.165, 1.54) is 11.1 Å². The van der Waals surface area contributed by atoms with Crippen LogP contribution in [-0.2, 0) is 13.1 Å². The van der Waals surface area contributed by atoms with Crippen molar-refractivity contribution in [3.05, 3.63) is 51.5 Å². The van der Waals surface area contributed by atoms with Crippen LogP contribution in [0.15, 0.2) is 36.8 Å². The lowest BCUT2D eigenvalue weighted by Gasteiger charge is -2.24. The Balaban J connectivity index is 2.27. The molecule has 0 saturated carbocycles. The number of halogens is 1. The lowest BCUT2D eigenvalue weighted by Crippen LogP contribution is -2.25. The quantitative estimate of drug-likeness (QED) is 0.825. The van der Waals surface area contributed by atoms with Crippen molar-refractivity contribution in [3.8, 4) is 0 Å². The van der Waals surface area contributed by atoms with E-state index >= 15 is 0 Å². The Morgan fingerprint density at radius 3 is 2.63 bits per heavy atom. The average molecular weight is 368 g/mol. The van der Waals surface area contributed by atoms with Crippen molar-refractivity contribution in [1.29, 1.82) is 0 Å². The van der Waals surface area contributed by atoms with Crippen LogP contribution < -0.4 is 10.6 Å². The highest BCUT2D eigenvalue weighted by molar-refractivity contribution is 14.1. The third kappa shape index (κ3) is 3.42. The minimum Gasteiger partial charge on any atom is -0.352 e. The summed E-state index contributed by atoms with van der Waals surface area (Å²) in [4.78, 5) is 10.6. The van der Waals surface area contributed by atoms with Crippen LogP contribution in [-0.4, -0.2) is 16.5 Å². The lowest BCUT2D eigenvalue weighted by molar-refractivity contribution is 0.796. The molecular formula is C14H17IN4. The van der Waals surface area contributed by atoms with E-state index in [0.29, 0.717) is 6.54 Å². The van der Waals surface area contributed by atoms with E-state index in [-0.39, 0.29) is 0 Å². The monoisotopic (exact) mass is 368 g/mol. The zero-order valence-corrected chi connectivity index (χ0v) is 13.0. The molecule has 0 atom stereocenters. The van der Waals surface area contributed by atoms with Gasteiger partial charge in [0.2, 0.25) is 0 Å². The summed E-state index contributed by atoms with van der Waals surface area (Å²) in [5.41, 5.74) is 8.23. The van der Waals surface area contributed by atoms with E-state index in [0.717, 1.165) is 22.5 Å². The van der Waals surface area contributed by atoms with E-state index in [2.05, 4.69) is 56.5 Å². The van der Waals surface area contributed by atoms with Crippen LogP contribution in [0.3, 0.4) is 0 Å². The summed E-state index contributed by atoms with van der Waals surface area (Å²) in [5, 5.41) is 0. The third-order valence-corrected chi connectivity index (χ3v) is 3.79. The minimum absolute atomic E-state index is 0.564. The second-order valence-electron chi connectivity index (χ2n) is 4.18. The molecule has 0 saturated heterocycles. The Kier molecular flexibility index (Phi) is 5.09. The Labute approximate surface area is 127 Å². The standard InChI is InChI=1S/C14H17IN4/c1-2-19(14-13(15)8-17-10-18-14)9-12-6-4-3-5-11(12)7-16/h3-6,8,10H,2,7,9,16H2,1H3. The second kappa shape index (κ2) is 6.81. The molecule has 0 spiro atoms. The smallest absolute Gasteiger partial charge is 0.145 e. The van der Waals surface area contributed by atoms with Crippen molar-refractivity contribution in [3.63, 3.8) is 0 Å². The van der Waals surface area contributed by atoms with Gasteiger partial charge in [-0.3, -0.25) is 0 Å². The molecule has 1 aromatic carbocycles. The largest absolute Gasteiger partial charge is 0.352 e. The molecule has 19 heavy (non-hydrogen) atoms. The maximum atomic E-state index is 5.79. The SMILES string of the molecule is CCN(Cc1ccccc1CN)c1ncncc1I. The summed E-state index contributed by atoms with van der Waals surface area (Å²) in [7, 11) is 0. The molecule has 0 fully saturated rings. The molecule has 2 rings (SSSR count). The predicted molar refractivity (Wildman–Crippen MR) is 85.8 cm³/mol. The molecule has 0 aliphatic rings. The van der Waals surface area contributed by atoms with Gasteiger partial charge in [-0.25, -0.2) is 9.97 Å². The number of anilines is 1. The zero-order valence-electron chi connectivity index (χ0n) is 10.9. The number of nitrogens with two attached hydrogens (primary N) is 1. The highest BCUT2D eigenvalue weighted by Crippen LogP contribution is 2.21.